The Hall–Kier alpha value is -1.42. The highest BCUT2D eigenvalue weighted by Crippen LogP contribution is 2.21. The zero-order chi connectivity index (χ0) is 12.5. The fraction of sp³-hybridized carbons (Fsp3) is 0.500. The van der Waals surface area contributed by atoms with Gasteiger partial charge in [-0.15, -0.1) is 11.8 Å². The summed E-state index contributed by atoms with van der Waals surface area (Å²) in [5, 5.41) is 0. The van der Waals surface area contributed by atoms with Crippen molar-refractivity contribution in [2.24, 2.45) is 0 Å². The largest absolute Gasteiger partial charge is 0.494 e. The summed E-state index contributed by atoms with van der Waals surface area (Å²) in [5.41, 5.74) is 1.33. The minimum atomic E-state index is 0.495. The normalized spacial score (nSPS) is 11.5. The van der Waals surface area contributed by atoms with Crippen LogP contribution in [0.5, 0.6) is 5.75 Å². The van der Waals surface area contributed by atoms with E-state index in [2.05, 4.69) is 56.9 Å². The van der Waals surface area contributed by atoms with Crippen molar-refractivity contribution >= 4 is 0 Å². The molecule has 0 amide bonds. The average molecular weight is 230 g/mol. The lowest BCUT2D eigenvalue weighted by atomic mass is 9.98. The average Bonchev–Trinajstić information content (AvgIpc) is 2.37. The van der Waals surface area contributed by atoms with Crippen LogP contribution in [0, 0.1) is 11.8 Å². The van der Waals surface area contributed by atoms with Crippen molar-refractivity contribution in [2.45, 2.75) is 46.0 Å². The van der Waals surface area contributed by atoms with E-state index in [0.717, 1.165) is 31.6 Å². The minimum Gasteiger partial charge on any atom is -0.494 e. The number of benzene rings is 1. The Morgan fingerprint density at radius 1 is 1.12 bits per heavy atom. The van der Waals surface area contributed by atoms with Gasteiger partial charge < -0.3 is 4.74 Å². The van der Waals surface area contributed by atoms with Crippen molar-refractivity contribution in [1.82, 2.24) is 0 Å². The van der Waals surface area contributed by atoms with Gasteiger partial charge in [0.1, 0.15) is 5.75 Å². The van der Waals surface area contributed by atoms with E-state index in [4.69, 9.17) is 4.74 Å². The maximum absolute atomic E-state index is 5.56. The Bertz CT molecular complexity index is 367. The van der Waals surface area contributed by atoms with Gasteiger partial charge in [-0.2, -0.15) is 0 Å². The lowest BCUT2D eigenvalue weighted by Crippen LogP contribution is -1.96. The second-order valence-corrected chi connectivity index (χ2v) is 4.23. The molecule has 17 heavy (non-hydrogen) atoms. The van der Waals surface area contributed by atoms with Crippen LogP contribution in [0.1, 0.15) is 51.5 Å². The predicted octanol–water partition coefficient (Wildman–Crippen LogP) is 4.38. The molecule has 0 bridgehead atoms. The van der Waals surface area contributed by atoms with Gasteiger partial charge in [-0.25, -0.2) is 0 Å². The van der Waals surface area contributed by atoms with Crippen molar-refractivity contribution in [3.63, 3.8) is 0 Å². The molecule has 0 N–H and O–H groups in total. The Morgan fingerprint density at radius 3 is 2.41 bits per heavy atom. The first-order valence-corrected chi connectivity index (χ1v) is 6.46. The highest BCUT2D eigenvalue weighted by molar-refractivity contribution is 5.29. The molecule has 0 saturated heterocycles. The van der Waals surface area contributed by atoms with Gasteiger partial charge in [-0.3, -0.25) is 0 Å². The first kappa shape index (κ1) is 13.6. The van der Waals surface area contributed by atoms with Gasteiger partial charge in [0, 0.05) is 12.8 Å². The van der Waals surface area contributed by atoms with E-state index in [1.165, 1.54) is 5.56 Å². The summed E-state index contributed by atoms with van der Waals surface area (Å²) >= 11 is 0. The molecular weight excluding hydrogens is 208 g/mol. The van der Waals surface area contributed by atoms with E-state index in [-0.39, 0.29) is 0 Å². The van der Waals surface area contributed by atoms with Gasteiger partial charge in [0.15, 0.2) is 0 Å². The molecule has 0 aliphatic rings. The second kappa shape index (κ2) is 7.79. The summed E-state index contributed by atoms with van der Waals surface area (Å²) in [6.45, 7) is 7.20. The molecule has 1 unspecified atom stereocenters. The van der Waals surface area contributed by atoms with Crippen molar-refractivity contribution in [1.29, 1.82) is 0 Å². The molecule has 1 nitrogen and oxygen atoms in total. The third-order valence-electron chi connectivity index (χ3n) is 2.63. The number of rotatable bonds is 5. The number of hydrogen-bond acceptors (Lipinski definition) is 1. The Morgan fingerprint density at radius 2 is 1.82 bits per heavy atom. The predicted molar refractivity (Wildman–Crippen MR) is 73.3 cm³/mol. The second-order valence-electron chi connectivity index (χ2n) is 4.23. The van der Waals surface area contributed by atoms with E-state index >= 15 is 0 Å². The van der Waals surface area contributed by atoms with E-state index < -0.39 is 0 Å². The number of ether oxygens (including phenoxy) is 1. The van der Waals surface area contributed by atoms with E-state index in [1.54, 1.807) is 0 Å². The summed E-state index contributed by atoms with van der Waals surface area (Å²) < 4.78 is 5.56. The monoisotopic (exact) mass is 230 g/mol. The molecule has 0 saturated carbocycles. The molecule has 0 radical (unpaired) electrons. The Balaban J connectivity index is 2.54. The molecule has 0 aliphatic carbocycles. The SMILES string of the molecule is CCC#CCC(C)c1ccc(OCCC)cc1. The molecule has 1 aromatic rings. The maximum Gasteiger partial charge on any atom is 0.119 e. The fourth-order valence-electron chi connectivity index (χ4n) is 1.58. The number of hydrogen-bond donors (Lipinski definition) is 0. The van der Waals surface area contributed by atoms with Crippen LogP contribution in [0.4, 0.5) is 0 Å². The molecule has 1 aromatic carbocycles. The molecule has 92 valence electrons. The van der Waals surface area contributed by atoms with Gasteiger partial charge in [0.2, 0.25) is 0 Å². The van der Waals surface area contributed by atoms with Crippen LogP contribution in [-0.4, -0.2) is 6.61 Å². The van der Waals surface area contributed by atoms with Gasteiger partial charge in [0.05, 0.1) is 6.61 Å². The highest BCUT2D eigenvalue weighted by Gasteiger charge is 2.03. The Labute approximate surface area is 105 Å². The van der Waals surface area contributed by atoms with Crippen molar-refractivity contribution < 1.29 is 4.74 Å². The topological polar surface area (TPSA) is 9.23 Å². The summed E-state index contributed by atoms with van der Waals surface area (Å²) in [6, 6.07) is 8.38. The third kappa shape index (κ3) is 4.95. The Kier molecular flexibility index (Phi) is 6.25. The molecule has 0 heterocycles. The smallest absolute Gasteiger partial charge is 0.119 e. The highest BCUT2D eigenvalue weighted by atomic mass is 16.5. The summed E-state index contributed by atoms with van der Waals surface area (Å²) in [5.74, 6) is 7.77. The van der Waals surface area contributed by atoms with E-state index in [1.807, 2.05) is 0 Å². The van der Waals surface area contributed by atoms with Gasteiger partial charge in [-0.1, -0.05) is 32.9 Å². The quantitative estimate of drug-likeness (QED) is 0.682. The molecule has 0 aliphatic heterocycles. The van der Waals surface area contributed by atoms with E-state index in [0.29, 0.717) is 5.92 Å². The molecule has 1 rings (SSSR count). The van der Waals surface area contributed by atoms with Crippen LogP contribution in [0.3, 0.4) is 0 Å². The fourth-order valence-corrected chi connectivity index (χ4v) is 1.58. The molecule has 0 spiro atoms. The first-order valence-electron chi connectivity index (χ1n) is 6.46. The van der Waals surface area contributed by atoms with Crippen LogP contribution in [-0.2, 0) is 0 Å². The van der Waals surface area contributed by atoms with Crippen molar-refractivity contribution in [3.05, 3.63) is 29.8 Å². The maximum atomic E-state index is 5.56. The van der Waals surface area contributed by atoms with Crippen molar-refractivity contribution in [2.75, 3.05) is 6.61 Å². The summed E-state index contributed by atoms with van der Waals surface area (Å²) in [7, 11) is 0. The zero-order valence-electron chi connectivity index (χ0n) is 11.1. The van der Waals surface area contributed by atoms with Crippen LogP contribution in [0.2, 0.25) is 0 Å². The van der Waals surface area contributed by atoms with Crippen LogP contribution in [0.15, 0.2) is 24.3 Å². The third-order valence-corrected chi connectivity index (χ3v) is 2.63. The molecule has 0 fully saturated rings. The molecular formula is C16H22O. The lowest BCUT2D eigenvalue weighted by molar-refractivity contribution is 0.317. The lowest BCUT2D eigenvalue weighted by Gasteiger charge is -2.10. The van der Waals surface area contributed by atoms with Crippen LogP contribution >= 0.6 is 0 Å². The minimum absolute atomic E-state index is 0.495. The molecule has 1 heteroatoms. The first-order chi connectivity index (χ1) is 8.27. The molecule has 0 aromatic heterocycles. The van der Waals surface area contributed by atoms with Gasteiger partial charge >= 0.3 is 0 Å². The summed E-state index contributed by atoms with van der Waals surface area (Å²) in [6.07, 6.45) is 2.92. The van der Waals surface area contributed by atoms with E-state index in [9.17, 15) is 0 Å². The van der Waals surface area contributed by atoms with Gasteiger partial charge in [-0.05, 0) is 30.0 Å². The van der Waals surface area contributed by atoms with Crippen LogP contribution < -0.4 is 4.74 Å². The van der Waals surface area contributed by atoms with Crippen molar-refractivity contribution in [3.8, 4) is 17.6 Å². The van der Waals surface area contributed by atoms with Gasteiger partial charge in [0.25, 0.3) is 0 Å². The zero-order valence-corrected chi connectivity index (χ0v) is 11.1. The standard InChI is InChI=1S/C16H22O/c1-4-6-7-8-14(3)15-9-11-16(12-10-15)17-13-5-2/h9-12,14H,4-5,8,13H2,1-3H3. The summed E-state index contributed by atoms with van der Waals surface area (Å²) in [4.78, 5) is 0. The molecule has 1 atom stereocenters. The van der Waals surface area contributed by atoms with Crippen LogP contribution in [0.25, 0.3) is 0 Å².